The predicted molar refractivity (Wildman–Crippen MR) is 70.5 cm³/mol. The molecule has 0 aliphatic carbocycles. The van der Waals surface area contributed by atoms with E-state index >= 15 is 0 Å². The van der Waals surface area contributed by atoms with E-state index in [1.54, 1.807) is 23.7 Å². The number of benzene rings is 1. The van der Waals surface area contributed by atoms with Gasteiger partial charge in [0.2, 0.25) is 0 Å². The van der Waals surface area contributed by atoms with Crippen LogP contribution in [-0.4, -0.2) is 15.6 Å². The second-order valence-corrected chi connectivity index (χ2v) is 4.97. The summed E-state index contributed by atoms with van der Waals surface area (Å²) in [4.78, 5) is 12.1. The van der Waals surface area contributed by atoms with Gasteiger partial charge in [0.25, 0.3) is 11.6 Å². The van der Waals surface area contributed by atoms with Gasteiger partial charge in [-0.3, -0.25) is 10.6 Å². The number of halogens is 1. The van der Waals surface area contributed by atoms with E-state index in [4.69, 9.17) is 5.84 Å². The minimum absolute atomic E-state index is 0.00806. The van der Waals surface area contributed by atoms with Gasteiger partial charge in [-0.05, 0) is 12.1 Å². The third-order valence-corrected chi connectivity index (χ3v) is 3.32. The largest absolute Gasteiger partial charge is 0.295 e. The fourth-order valence-electron chi connectivity index (χ4n) is 1.67. The Morgan fingerprint density at radius 2 is 2.00 bits per heavy atom. The van der Waals surface area contributed by atoms with Crippen molar-refractivity contribution in [1.29, 1.82) is 0 Å². The number of rotatable bonds is 3. The van der Waals surface area contributed by atoms with E-state index in [1.165, 1.54) is 4.68 Å². The lowest BCUT2D eigenvalue weighted by Gasteiger charge is -1.98. The molecule has 2 N–H and O–H groups in total. The summed E-state index contributed by atoms with van der Waals surface area (Å²) in [6.45, 7) is 3.82. The van der Waals surface area contributed by atoms with E-state index in [2.05, 4.69) is 21.0 Å². The van der Waals surface area contributed by atoms with Crippen LogP contribution in [0.4, 0.5) is 0 Å². The summed E-state index contributed by atoms with van der Waals surface area (Å²) >= 11 is 3.34. The van der Waals surface area contributed by atoms with Crippen LogP contribution in [0.5, 0.6) is 0 Å². The first-order chi connectivity index (χ1) is 8.49. The molecule has 0 saturated heterocycles. The Hall–Kier alpha value is -1.69. The summed E-state index contributed by atoms with van der Waals surface area (Å²) in [7, 11) is 0. The van der Waals surface area contributed by atoms with Crippen LogP contribution in [0.3, 0.4) is 0 Å². The molecule has 0 bridgehead atoms. The van der Waals surface area contributed by atoms with E-state index in [-0.39, 0.29) is 12.3 Å². The second kappa shape index (κ2) is 4.89. The molecule has 0 aliphatic rings. The van der Waals surface area contributed by atoms with Gasteiger partial charge in [0.1, 0.15) is 0 Å². The molecule has 2 rings (SSSR count). The Balaban J connectivity index is 2.21. The molecular weight excluding hydrogens is 296 g/mol. The third kappa shape index (κ3) is 2.43. The minimum atomic E-state index is 0.00806. The third-order valence-electron chi connectivity index (χ3n) is 2.80. The molecule has 94 valence electrons. The molecule has 0 fully saturated rings. The summed E-state index contributed by atoms with van der Waals surface area (Å²) in [5.74, 6) is 7.19. The molecule has 6 heteroatoms. The van der Waals surface area contributed by atoms with Crippen molar-refractivity contribution in [2.24, 2.45) is 0 Å². The molecular formula is C12H14BrN4O+. The van der Waals surface area contributed by atoms with Crippen molar-refractivity contribution in [2.45, 2.75) is 20.4 Å². The number of carbonyl (C=O) groups excluding carboxylic acids is 1. The van der Waals surface area contributed by atoms with E-state index in [1.807, 2.05) is 19.1 Å². The smallest absolute Gasteiger partial charge is 0.290 e. The van der Waals surface area contributed by atoms with Crippen molar-refractivity contribution < 1.29 is 9.47 Å². The Bertz CT molecular complexity index is 589. The maximum Gasteiger partial charge on any atom is 0.295 e. The van der Waals surface area contributed by atoms with Crippen LogP contribution in [0.25, 0.3) is 0 Å². The maximum absolute atomic E-state index is 12.1. The molecule has 1 aromatic heterocycles. The zero-order valence-electron chi connectivity index (χ0n) is 10.2. The molecule has 5 nitrogen and oxygen atoms in total. The van der Waals surface area contributed by atoms with Gasteiger partial charge < -0.3 is 0 Å². The Kier molecular flexibility index (Phi) is 3.47. The maximum atomic E-state index is 12.1. The first kappa shape index (κ1) is 12.8. The standard InChI is InChI=1S/C12H14BrN4O/c1-8-15-16(9(2)17(8)14)7-12(18)10-3-5-11(13)6-4-10/h3-6H,7,14H2,1-2H3/q+1. The highest BCUT2D eigenvalue weighted by Gasteiger charge is 2.20. The molecule has 0 spiro atoms. The average molecular weight is 310 g/mol. The van der Waals surface area contributed by atoms with Gasteiger partial charge in [-0.1, -0.05) is 28.1 Å². The lowest BCUT2D eigenvalue weighted by molar-refractivity contribution is -0.652. The van der Waals surface area contributed by atoms with Crippen LogP contribution in [0.1, 0.15) is 22.0 Å². The molecule has 0 unspecified atom stereocenters. The lowest BCUT2D eigenvalue weighted by Crippen LogP contribution is -2.48. The monoisotopic (exact) mass is 309 g/mol. The van der Waals surface area contributed by atoms with Crippen LogP contribution in [0.2, 0.25) is 0 Å². The molecule has 0 amide bonds. The summed E-state index contributed by atoms with van der Waals surface area (Å²) in [6.07, 6.45) is 0. The number of aromatic nitrogens is 3. The first-order valence-electron chi connectivity index (χ1n) is 5.49. The van der Waals surface area contributed by atoms with Crippen LogP contribution in [0, 0.1) is 13.8 Å². The summed E-state index contributed by atoms with van der Waals surface area (Å²) in [6, 6.07) is 7.26. The average Bonchev–Trinajstić information content (AvgIpc) is 2.58. The fourth-order valence-corrected chi connectivity index (χ4v) is 1.93. The zero-order chi connectivity index (χ0) is 13.3. The van der Waals surface area contributed by atoms with Crippen molar-refractivity contribution in [3.05, 3.63) is 46.0 Å². The number of nitrogens with two attached hydrogens (primary N) is 1. The topological polar surface area (TPSA) is 64.8 Å². The van der Waals surface area contributed by atoms with Crippen LogP contribution in [0.15, 0.2) is 28.7 Å². The molecule has 1 heterocycles. The molecule has 0 radical (unpaired) electrons. The van der Waals surface area contributed by atoms with E-state index in [9.17, 15) is 4.79 Å². The normalized spacial score (nSPS) is 10.6. The minimum Gasteiger partial charge on any atom is -0.290 e. The number of hydrogen-bond donors (Lipinski definition) is 1. The number of aryl methyl sites for hydroxylation is 1. The highest BCUT2D eigenvalue weighted by Crippen LogP contribution is 2.11. The Labute approximate surface area is 113 Å². The van der Waals surface area contributed by atoms with Gasteiger partial charge >= 0.3 is 0 Å². The fraction of sp³-hybridized carbons (Fsp3) is 0.250. The van der Waals surface area contributed by atoms with Crippen molar-refractivity contribution >= 4 is 21.7 Å². The number of hydrogen-bond acceptors (Lipinski definition) is 3. The second-order valence-electron chi connectivity index (χ2n) is 4.05. The number of ketones is 1. The molecule has 0 atom stereocenters. The van der Waals surface area contributed by atoms with E-state index in [0.717, 1.165) is 10.3 Å². The zero-order valence-corrected chi connectivity index (χ0v) is 11.8. The van der Waals surface area contributed by atoms with Crippen molar-refractivity contribution in [1.82, 2.24) is 9.78 Å². The first-order valence-corrected chi connectivity index (χ1v) is 6.28. The lowest BCUT2D eigenvalue weighted by atomic mass is 10.1. The van der Waals surface area contributed by atoms with Gasteiger partial charge in [0, 0.05) is 29.0 Å². The van der Waals surface area contributed by atoms with Crippen molar-refractivity contribution in [2.75, 3.05) is 5.84 Å². The Morgan fingerprint density at radius 1 is 1.39 bits per heavy atom. The number of carbonyl (C=O) groups is 1. The summed E-state index contributed by atoms with van der Waals surface area (Å²) in [5, 5.41) is 4.22. The van der Waals surface area contributed by atoms with E-state index in [0.29, 0.717) is 11.4 Å². The van der Waals surface area contributed by atoms with Gasteiger partial charge in [0.05, 0.1) is 0 Å². The molecule has 0 aliphatic heterocycles. The summed E-state index contributed by atoms with van der Waals surface area (Å²) in [5.41, 5.74) is 0.661. The Morgan fingerprint density at radius 3 is 2.50 bits per heavy atom. The van der Waals surface area contributed by atoms with E-state index < -0.39 is 0 Å². The van der Waals surface area contributed by atoms with Crippen molar-refractivity contribution in [3.8, 4) is 0 Å². The van der Waals surface area contributed by atoms with Crippen LogP contribution in [-0.2, 0) is 6.54 Å². The van der Waals surface area contributed by atoms with Gasteiger partial charge in [-0.15, -0.1) is 9.36 Å². The SMILES string of the molecule is Cc1nn(CC(=O)c2ccc(Br)cc2)c(C)[n+]1N. The summed E-state index contributed by atoms with van der Waals surface area (Å²) < 4.78 is 4.03. The number of nitrogen functional groups attached to an aromatic ring is 1. The van der Waals surface area contributed by atoms with Crippen molar-refractivity contribution in [3.63, 3.8) is 0 Å². The molecule has 0 saturated carbocycles. The van der Waals surface area contributed by atoms with Gasteiger partial charge in [-0.2, -0.15) is 0 Å². The molecule has 18 heavy (non-hydrogen) atoms. The predicted octanol–water partition coefficient (Wildman–Crippen LogP) is 1.15. The number of Topliss-reactive ketones (excluding diaryl/α,β-unsaturated/α-hetero) is 1. The van der Waals surface area contributed by atoms with Gasteiger partial charge in [0.15, 0.2) is 12.3 Å². The van der Waals surface area contributed by atoms with Gasteiger partial charge in [-0.25, -0.2) is 0 Å². The molecule has 2 aromatic rings. The number of nitrogens with zero attached hydrogens (tertiary/aromatic N) is 3. The highest BCUT2D eigenvalue weighted by atomic mass is 79.9. The van der Waals surface area contributed by atoms with Crippen LogP contribution >= 0.6 is 15.9 Å². The van der Waals surface area contributed by atoms with Crippen LogP contribution < -0.4 is 10.5 Å². The quantitative estimate of drug-likeness (QED) is 0.525. The highest BCUT2D eigenvalue weighted by molar-refractivity contribution is 9.10. The molecule has 1 aromatic carbocycles.